The SMILES string of the molecule is COc1cc(Nc2nc(OC(C)C)nc(-c3ccccc3)n2)ccc1-c1cnco1. The second-order valence-corrected chi connectivity index (χ2v) is 6.70. The number of benzene rings is 2. The zero-order chi connectivity index (χ0) is 20.9. The van der Waals surface area contributed by atoms with Gasteiger partial charge in [-0.05, 0) is 26.0 Å². The van der Waals surface area contributed by atoms with Crippen LogP contribution in [0.4, 0.5) is 11.6 Å². The zero-order valence-corrected chi connectivity index (χ0v) is 16.9. The molecule has 0 amide bonds. The van der Waals surface area contributed by atoms with E-state index in [4.69, 9.17) is 13.9 Å². The molecule has 2 aromatic heterocycles. The first-order valence-corrected chi connectivity index (χ1v) is 9.44. The van der Waals surface area contributed by atoms with E-state index < -0.39 is 0 Å². The van der Waals surface area contributed by atoms with Crippen LogP contribution in [-0.2, 0) is 0 Å². The van der Waals surface area contributed by atoms with Crippen molar-refractivity contribution in [2.75, 3.05) is 12.4 Å². The summed E-state index contributed by atoms with van der Waals surface area (Å²) in [5.41, 5.74) is 2.41. The molecule has 0 saturated heterocycles. The molecule has 152 valence electrons. The predicted molar refractivity (Wildman–Crippen MR) is 113 cm³/mol. The van der Waals surface area contributed by atoms with Crippen LogP contribution in [0.15, 0.2) is 65.5 Å². The Bertz CT molecular complexity index is 1120. The molecule has 4 rings (SSSR count). The van der Waals surface area contributed by atoms with Crippen LogP contribution in [0.1, 0.15) is 13.8 Å². The number of oxazole rings is 1. The second-order valence-electron chi connectivity index (χ2n) is 6.70. The molecule has 0 atom stereocenters. The van der Waals surface area contributed by atoms with Crippen molar-refractivity contribution in [2.45, 2.75) is 20.0 Å². The molecule has 0 radical (unpaired) electrons. The molecule has 1 N–H and O–H groups in total. The van der Waals surface area contributed by atoms with Gasteiger partial charge in [-0.3, -0.25) is 0 Å². The number of methoxy groups -OCH3 is 1. The normalized spacial score (nSPS) is 10.8. The van der Waals surface area contributed by atoms with Crippen LogP contribution in [0, 0.1) is 0 Å². The first-order valence-electron chi connectivity index (χ1n) is 9.44. The fourth-order valence-corrected chi connectivity index (χ4v) is 2.84. The van der Waals surface area contributed by atoms with Gasteiger partial charge in [-0.1, -0.05) is 30.3 Å². The van der Waals surface area contributed by atoms with E-state index in [1.165, 1.54) is 6.39 Å². The van der Waals surface area contributed by atoms with Crippen molar-refractivity contribution in [1.29, 1.82) is 0 Å². The van der Waals surface area contributed by atoms with Gasteiger partial charge in [0.05, 0.1) is 25.0 Å². The molecule has 30 heavy (non-hydrogen) atoms. The fraction of sp³-hybridized carbons (Fsp3) is 0.182. The molecule has 0 aliphatic rings. The molecular formula is C22H21N5O3. The van der Waals surface area contributed by atoms with Crippen LogP contribution in [0.25, 0.3) is 22.7 Å². The average molecular weight is 403 g/mol. The lowest BCUT2D eigenvalue weighted by Crippen LogP contribution is -2.11. The van der Waals surface area contributed by atoms with Gasteiger partial charge in [0, 0.05) is 17.3 Å². The lowest BCUT2D eigenvalue weighted by atomic mass is 10.1. The minimum atomic E-state index is -0.0647. The molecule has 8 nitrogen and oxygen atoms in total. The van der Waals surface area contributed by atoms with E-state index in [1.54, 1.807) is 13.3 Å². The van der Waals surface area contributed by atoms with E-state index in [1.807, 2.05) is 62.4 Å². The molecule has 0 fully saturated rings. The van der Waals surface area contributed by atoms with Crippen molar-refractivity contribution in [3.63, 3.8) is 0 Å². The maximum atomic E-state index is 5.72. The fourth-order valence-electron chi connectivity index (χ4n) is 2.84. The summed E-state index contributed by atoms with van der Waals surface area (Å²) in [4.78, 5) is 17.3. The Labute approximate surface area is 174 Å². The third-order valence-corrected chi connectivity index (χ3v) is 4.14. The molecule has 4 aromatic rings. The van der Waals surface area contributed by atoms with Crippen LogP contribution in [0.3, 0.4) is 0 Å². The molecule has 2 heterocycles. The minimum absolute atomic E-state index is 0.0647. The third kappa shape index (κ3) is 4.38. The van der Waals surface area contributed by atoms with Crippen molar-refractivity contribution >= 4 is 11.6 Å². The summed E-state index contributed by atoms with van der Waals surface area (Å²) in [7, 11) is 1.60. The van der Waals surface area contributed by atoms with Crippen LogP contribution < -0.4 is 14.8 Å². The highest BCUT2D eigenvalue weighted by molar-refractivity contribution is 5.71. The average Bonchev–Trinajstić information content (AvgIpc) is 3.28. The Hall–Kier alpha value is -3.94. The maximum absolute atomic E-state index is 5.72. The van der Waals surface area contributed by atoms with Crippen molar-refractivity contribution in [2.24, 2.45) is 0 Å². The summed E-state index contributed by atoms with van der Waals surface area (Å²) >= 11 is 0. The summed E-state index contributed by atoms with van der Waals surface area (Å²) in [5.74, 6) is 2.15. The standard InChI is InChI=1S/C22H21N5O3/c1-14(2)30-22-26-20(15-7-5-4-6-8-15)25-21(27-22)24-16-9-10-17(18(11-16)28-3)19-12-23-13-29-19/h4-14H,1-3H3,(H,24,25,26,27). The van der Waals surface area contributed by atoms with Gasteiger partial charge in [-0.2, -0.15) is 15.0 Å². The van der Waals surface area contributed by atoms with Crippen LogP contribution in [0.2, 0.25) is 0 Å². The highest BCUT2D eigenvalue weighted by Gasteiger charge is 2.13. The van der Waals surface area contributed by atoms with Gasteiger partial charge < -0.3 is 19.2 Å². The van der Waals surface area contributed by atoms with E-state index in [0.29, 0.717) is 23.3 Å². The van der Waals surface area contributed by atoms with Gasteiger partial charge in [0.15, 0.2) is 18.0 Å². The molecular weight excluding hydrogens is 382 g/mol. The number of nitrogens with one attached hydrogen (secondary N) is 1. The first kappa shape index (κ1) is 19.4. The molecule has 0 spiro atoms. The van der Waals surface area contributed by atoms with Gasteiger partial charge in [0.2, 0.25) is 5.95 Å². The van der Waals surface area contributed by atoms with Crippen LogP contribution in [0.5, 0.6) is 11.8 Å². The summed E-state index contributed by atoms with van der Waals surface area (Å²) < 4.78 is 16.6. The van der Waals surface area contributed by atoms with E-state index in [-0.39, 0.29) is 12.1 Å². The highest BCUT2D eigenvalue weighted by Crippen LogP contribution is 2.33. The largest absolute Gasteiger partial charge is 0.496 e. The number of anilines is 2. The number of aromatic nitrogens is 4. The molecule has 0 aliphatic carbocycles. The van der Waals surface area contributed by atoms with E-state index >= 15 is 0 Å². The Balaban J connectivity index is 1.68. The van der Waals surface area contributed by atoms with Gasteiger partial charge in [0.1, 0.15) is 5.75 Å². The summed E-state index contributed by atoms with van der Waals surface area (Å²) in [6.07, 6.45) is 2.95. The Kier molecular flexibility index (Phi) is 5.56. The molecule has 0 saturated carbocycles. The van der Waals surface area contributed by atoms with Gasteiger partial charge in [-0.15, -0.1) is 0 Å². The summed E-state index contributed by atoms with van der Waals surface area (Å²) in [6, 6.07) is 15.5. The maximum Gasteiger partial charge on any atom is 0.322 e. The Morgan fingerprint density at radius 1 is 1.00 bits per heavy atom. The zero-order valence-electron chi connectivity index (χ0n) is 16.9. The lowest BCUT2D eigenvalue weighted by molar-refractivity contribution is 0.222. The molecule has 0 aliphatic heterocycles. The molecule has 2 aromatic carbocycles. The van der Waals surface area contributed by atoms with E-state index in [0.717, 1.165) is 16.8 Å². The van der Waals surface area contributed by atoms with Crippen LogP contribution >= 0.6 is 0 Å². The quantitative estimate of drug-likeness (QED) is 0.473. The van der Waals surface area contributed by atoms with Crippen molar-refractivity contribution in [1.82, 2.24) is 19.9 Å². The van der Waals surface area contributed by atoms with Crippen molar-refractivity contribution in [3.8, 4) is 34.5 Å². The first-order chi connectivity index (χ1) is 14.6. The summed E-state index contributed by atoms with van der Waals surface area (Å²) in [5, 5.41) is 3.21. The lowest BCUT2D eigenvalue weighted by Gasteiger charge is -2.13. The van der Waals surface area contributed by atoms with Gasteiger partial charge in [0.25, 0.3) is 0 Å². The minimum Gasteiger partial charge on any atom is -0.496 e. The van der Waals surface area contributed by atoms with Crippen LogP contribution in [-0.4, -0.2) is 33.1 Å². The number of ether oxygens (including phenoxy) is 2. The van der Waals surface area contributed by atoms with E-state index in [9.17, 15) is 0 Å². The molecule has 8 heteroatoms. The van der Waals surface area contributed by atoms with Crippen molar-refractivity contribution in [3.05, 3.63) is 61.1 Å². The molecule has 0 bridgehead atoms. The van der Waals surface area contributed by atoms with Gasteiger partial charge >= 0.3 is 6.01 Å². The highest BCUT2D eigenvalue weighted by atomic mass is 16.5. The molecule has 0 unspecified atom stereocenters. The number of hydrogen-bond donors (Lipinski definition) is 1. The predicted octanol–water partition coefficient (Wildman–Crippen LogP) is 4.73. The second kappa shape index (κ2) is 8.60. The number of hydrogen-bond acceptors (Lipinski definition) is 8. The Morgan fingerprint density at radius 3 is 2.53 bits per heavy atom. The van der Waals surface area contributed by atoms with Crippen molar-refractivity contribution < 1.29 is 13.9 Å². The third-order valence-electron chi connectivity index (χ3n) is 4.14. The smallest absolute Gasteiger partial charge is 0.322 e. The van der Waals surface area contributed by atoms with Gasteiger partial charge in [-0.25, -0.2) is 4.98 Å². The topological polar surface area (TPSA) is 95.2 Å². The summed E-state index contributed by atoms with van der Waals surface area (Å²) in [6.45, 7) is 3.85. The number of rotatable bonds is 7. The van der Waals surface area contributed by atoms with E-state index in [2.05, 4.69) is 25.3 Å². The number of nitrogens with zero attached hydrogens (tertiary/aromatic N) is 4. The monoisotopic (exact) mass is 403 g/mol. The Morgan fingerprint density at radius 2 is 1.83 bits per heavy atom.